The molecule has 0 saturated heterocycles. The van der Waals surface area contributed by atoms with Crippen molar-refractivity contribution in [2.45, 2.75) is 12.8 Å². The Morgan fingerprint density at radius 3 is 2.61 bits per heavy atom. The summed E-state index contributed by atoms with van der Waals surface area (Å²) in [6.07, 6.45) is 0. The van der Waals surface area contributed by atoms with Crippen LogP contribution in [0.25, 0.3) is 11.3 Å². The summed E-state index contributed by atoms with van der Waals surface area (Å²) in [5.74, 6) is -0.576. The Morgan fingerprint density at radius 2 is 1.86 bits per heavy atom. The van der Waals surface area contributed by atoms with Crippen molar-refractivity contribution in [2.75, 3.05) is 19.5 Å². The van der Waals surface area contributed by atoms with E-state index in [4.69, 9.17) is 9.47 Å². The predicted molar refractivity (Wildman–Crippen MR) is 106 cm³/mol. The van der Waals surface area contributed by atoms with Gasteiger partial charge in [0.2, 0.25) is 5.91 Å². The summed E-state index contributed by atoms with van der Waals surface area (Å²) in [7, 11) is 2.94. The van der Waals surface area contributed by atoms with E-state index in [1.165, 1.54) is 7.11 Å². The lowest BCUT2D eigenvalue weighted by Crippen LogP contribution is -2.17. The Labute approximate surface area is 162 Å². The lowest BCUT2D eigenvalue weighted by atomic mass is 9.87. The number of aromatic nitrogens is 1. The summed E-state index contributed by atoms with van der Waals surface area (Å²) in [5, 5.41) is 2.91. The highest BCUT2D eigenvalue weighted by atomic mass is 16.5. The number of ether oxygens (including phenoxy) is 2. The molecular weight excluding hydrogens is 356 g/mol. The molecule has 0 bridgehead atoms. The fourth-order valence-corrected chi connectivity index (χ4v) is 3.80. The van der Waals surface area contributed by atoms with Crippen molar-refractivity contribution >= 4 is 17.6 Å². The number of carbonyl (C=O) groups excluding carboxylic acids is 2. The van der Waals surface area contributed by atoms with Crippen LogP contribution in [0, 0.1) is 6.92 Å². The number of nitrogens with one attached hydrogen (secondary N) is 2. The first-order chi connectivity index (χ1) is 13.5. The standard InChI is InChI=1S/C22H20N2O4/c1-12-17(22(26)28-3)19(18-15-9-4-5-10-16(15)24-21(18)25)20(23-12)13-7-6-8-14(11-13)27-2/h4-11,18,23H,1-3H3,(H,24,25). The van der Waals surface area contributed by atoms with Crippen LogP contribution in [0.15, 0.2) is 48.5 Å². The molecule has 2 aromatic carbocycles. The molecule has 1 aliphatic rings. The number of esters is 1. The van der Waals surface area contributed by atoms with E-state index in [1.54, 1.807) is 14.0 Å². The van der Waals surface area contributed by atoms with E-state index in [0.29, 0.717) is 28.3 Å². The molecule has 2 N–H and O–H groups in total. The second-order valence-corrected chi connectivity index (χ2v) is 6.65. The van der Waals surface area contributed by atoms with Crippen LogP contribution in [0.3, 0.4) is 0 Å². The Bertz CT molecular complexity index is 1080. The van der Waals surface area contributed by atoms with Gasteiger partial charge in [-0.05, 0) is 30.7 Å². The molecule has 6 nitrogen and oxygen atoms in total. The molecule has 1 aromatic heterocycles. The number of hydrogen-bond acceptors (Lipinski definition) is 4. The van der Waals surface area contributed by atoms with E-state index in [1.807, 2.05) is 48.5 Å². The van der Waals surface area contributed by atoms with Crippen LogP contribution in [0.4, 0.5) is 5.69 Å². The van der Waals surface area contributed by atoms with Crippen molar-refractivity contribution < 1.29 is 19.1 Å². The third kappa shape index (κ3) is 2.74. The van der Waals surface area contributed by atoms with Crippen LogP contribution >= 0.6 is 0 Å². The molecule has 0 saturated carbocycles. The van der Waals surface area contributed by atoms with Gasteiger partial charge < -0.3 is 19.8 Å². The lowest BCUT2D eigenvalue weighted by molar-refractivity contribution is -0.116. The molecule has 0 spiro atoms. The number of fused-ring (bicyclic) bond motifs is 1. The first-order valence-electron chi connectivity index (χ1n) is 8.90. The highest BCUT2D eigenvalue weighted by molar-refractivity contribution is 6.08. The number of carbonyl (C=O) groups is 2. The zero-order chi connectivity index (χ0) is 19.8. The van der Waals surface area contributed by atoms with E-state index in [-0.39, 0.29) is 5.91 Å². The number of methoxy groups -OCH3 is 2. The van der Waals surface area contributed by atoms with E-state index in [0.717, 1.165) is 16.8 Å². The fraction of sp³-hybridized carbons (Fsp3) is 0.182. The van der Waals surface area contributed by atoms with Gasteiger partial charge in [-0.1, -0.05) is 30.3 Å². The number of benzene rings is 2. The third-order valence-electron chi connectivity index (χ3n) is 5.05. The number of aryl methyl sites for hydroxylation is 1. The van der Waals surface area contributed by atoms with Gasteiger partial charge in [0.25, 0.3) is 0 Å². The number of aromatic amines is 1. The molecular formula is C22H20N2O4. The van der Waals surface area contributed by atoms with Crippen LogP contribution in [-0.4, -0.2) is 31.1 Å². The molecule has 0 aliphatic carbocycles. The average Bonchev–Trinajstić information content (AvgIpc) is 3.22. The first-order valence-corrected chi connectivity index (χ1v) is 8.90. The SMILES string of the molecule is COC(=O)c1c(C)[nH]c(-c2cccc(OC)c2)c1C1C(=O)Nc2ccccc21. The van der Waals surface area contributed by atoms with E-state index >= 15 is 0 Å². The summed E-state index contributed by atoms with van der Waals surface area (Å²) in [6.45, 7) is 1.80. The van der Waals surface area contributed by atoms with Crippen LogP contribution < -0.4 is 10.1 Å². The number of rotatable bonds is 4. The molecule has 1 atom stereocenters. The maximum absolute atomic E-state index is 12.9. The topological polar surface area (TPSA) is 80.4 Å². The molecule has 2 heterocycles. The minimum absolute atomic E-state index is 0.172. The summed E-state index contributed by atoms with van der Waals surface area (Å²) in [5.41, 5.74) is 4.76. The minimum Gasteiger partial charge on any atom is -0.497 e. The van der Waals surface area contributed by atoms with Gasteiger partial charge >= 0.3 is 5.97 Å². The second-order valence-electron chi connectivity index (χ2n) is 6.65. The number of anilines is 1. The quantitative estimate of drug-likeness (QED) is 0.678. The number of amides is 1. The van der Waals surface area contributed by atoms with Crippen LogP contribution in [0.2, 0.25) is 0 Å². The Balaban J connectivity index is 1.99. The molecule has 1 amide bonds. The zero-order valence-electron chi connectivity index (χ0n) is 15.8. The molecule has 0 fully saturated rings. The van der Waals surface area contributed by atoms with Crippen molar-refractivity contribution in [3.05, 3.63) is 70.9 Å². The molecule has 3 aromatic rings. The number of hydrogen-bond donors (Lipinski definition) is 2. The molecule has 1 unspecified atom stereocenters. The maximum Gasteiger partial charge on any atom is 0.340 e. The largest absolute Gasteiger partial charge is 0.497 e. The van der Waals surface area contributed by atoms with Crippen molar-refractivity contribution in [1.29, 1.82) is 0 Å². The highest BCUT2D eigenvalue weighted by Crippen LogP contribution is 2.44. The van der Waals surface area contributed by atoms with E-state index in [9.17, 15) is 9.59 Å². The fourth-order valence-electron chi connectivity index (χ4n) is 3.80. The summed E-state index contributed by atoms with van der Waals surface area (Å²) >= 11 is 0. The van der Waals surface area contributed by atoms with Crippen molar-refractivity contribution in [1.82, 2.24) is 4.98 Å². The van der Waals surface area contributed by atoms with Gasteiger partial charge in [-0.15, -0.1) is 0 Å². The smallest absolute Gasteiger partial charge is 0.340 e. The molecule has 0 radical (unpaired) electrons. The lowest BCUT2D eigenvalue weighted by Gasteiger charge is -2.14. The molecule has 28 heavy (non-hydrogen) atoms. The van der Waals surface area contributed by atoms with E-state index < -0.39 is 11.9 Å². The monoisotopic (exact) mass is 376 g/mol. The van der Waals surface area contributed by atoms with Gasteiger partial charge in [0.05, 0.1) is 31.4 Å². The third-order valence-corrected chi connectivity index (χ3v) is 5.05. The minimum atomic E-state index is -0.614. The molecule has 142 valence electrons. The Morgan fingerprint density at radius 1 is 1.07 bits per heavy atom. The predicted octanol–water partition coefficient (Wildman–Crippen LogP) is 3.87. The summed E-state index contributed by atoms with van der Waals surface area (Å²) in [6, 6.07) is 15.0. The van der Waals surface area contributed by atoms with Crippen LogP contribution in [-0.2, 0) is 9.53 Å². The number of H-pyrrole nitrogens is 1. The molecule has 1 aliphatic heterocycles. The Kier molecular flexibility index (Phi) is 4.39. The Hall–Kier alpha value is -3.54. The molecule has 6 heteroatoms. The van der Waals surface area contributed by atoms with Gasteiger partial charge in [-0.25, -0.2) is 4.79 Å². The van der Waals surface area contributed by atoms with Crippen LogP contribution in [0.1, 0.15) is 33.1 Å². The number of para-hydroxylation sites is 1. The highest BCUT2D eigenvalue weighted by Gasteiger charge is 2.38. The van der Waals surface area contributed by atoms with Crippen molar-refractivity contribution in [3.63, 3.8) is 0 Å². The van der Waals surface area contributed by atoms with Gasteiger partial charge in [0.1, 0.15) is 5.75 Å². The van der Waals surface area contributed by atoms with Gasteiger partial charge in [-0.2, -0.15) is 0 Å². The molecule has 4 rings (SSSR count). The van der Waals surface area contributed by atoms with Gasteiger partial charge in [0, 0.05) is 22.5 Å². The summed E-state index contributed by atoms with van der Waals surface area (Å²) in [4.78, 5) is 28.8. The second kappa shape index (κ2) is 6.88. The van der Waals surface area contributed by atoms with E-state index in [2.05, 4.69) is 10.3 Å². The zero-order valence-corrected chi connectivity index (χ0v) is 15.8. The van der Waals surface area contributed by atoms with Crippen molar-refractivity contribution in [3.8, 4) is 17.0 Å². The average molecular weight is 376 g/mol. The van der Waals surface area contributed by atoms with Crippen LogP contribution in [0.5, 0.6) is 5.75 Å². The van der Waals surface area contributed by atoms with Gasteiger partial charge in [-0.3, -0.25) is 4.79 Å². The van der Waals surface area contributed by atoms with Gasteiger partial charge in [0.15, 0.2) is 0 Å². The summed E-state index contributed by atoms with van der Waals surface area (Å²) < 4.78 is 10.4. The first kappa shape index (κ1) is 17.9. The normalized spacial score (nSPS) is 15.1. The maximum atomic E-state index is 12.9. The van der Waals surface area contributed by atoms with Crippen molar-refractivity contribution in [2.24, 2.45) is 0 Å².